The number of likely N-dealkylation sites (N-methyl/N-ethyl adjacent to an activating group) is 1. The smallest absolute Gasteiger partial charge is 0.231 e. The minimum atomic E-state index is -0.468. The van der Waals surface area contributed by atoms with Gasteiger partial charge >= 0.3 is 0 Å². The van der Waals surface area contributed by atoms with Crippen molar-refractivity contribution in [3.8, 4) is 23.0 Å². The zero-order valence-electron chi connectivity index (χ0n) is 16.5. The molecule has 0 saturated carbocycles. The van der Waals surface area contributed by atoms with Crippen molar-refractivity contribution < 1.29 is 28.4 Å². The Morgan fingerprint density at radius 1 is 1.00 bits per heavy atom. The van der Waals surface area contributed by atoms with Crippen molar-refractivity contribution in [1.82, 2.24) is 4.90 Å². The van der Waals surface area contributed by atoms with Crippen LogP contribution >= 0.6 is 0 Å². The SMILES string of the molecule is CCO[C@H]1O[C@@H]([C@@H]2c3cc4c(cc3CCN2C)OCO4)c2ccc3c(c21)OCO3. The average Bonchev–Trinajstić information content (AvgIpc) is 3.44. The van der Waals surface area contributed by atoms with Gasteiger partial charge in [-0.15, -0.1) is 0 Å². The number of ether oxygens (including phenoxy) is 6. The van der Waals surface area contributed by atoms with E-state index in [1.807, 2.05) is 13.0 Å². The molecule has 29 heavy (non-hydrogen) atoms. The van der Waals surface area contributed by atoms with Crippen molar-refractivity contribution in [3.63, 3.8) is 0 Å². The Balaban J connectivity index is 1.47. The molecule has 0 amide bonds. The number of rotatable bonds is 3. The molecule has 0 bridgehead atoms. The van der Waals surface area contributed by atoms with Gasteiger partial charge in [0.25, 0.3) is 0 Å². The second kappa shape index (κ2) is 6.52. The minimum Gasteiger partial charge on any atom is -0.454 e. The fraction of sp³-hybridized carbons (Fsp3) is 0.455. The third-order valence-corrected chi connectivity index (χ3v) is 6.19. The second-order valence-electron chi connectivity index (χ2n) is 7.73. The molecule has 2 aromatic rings. The van der Waals surface area contributed by atoms with Gasteiger partial charge in [0, 0.05) is 13.2 Å². The Labute approximate surface area is 169 Å². The van der Waals surface area contributed by atoms with Crippen LogP contribution in [0.3, 0.4) is 0 Å². The second-order valence-corrected chi connectivity index (χ2v) is 7.73. The van der Waals surface area contributed by atoms with Crippen molar-refractivity contribution in [3.05, 3.63) is 46.5 Å². The van der Waals surface area contributed by atoms with E-state index in [0.29, 0.717) is 6.61 Å². The quantitative estimate of drug-likeness (QED) is 0.786. The third kappa shape index (κ3) is 2.54. The molecule has 7 heteroatoms. The summed E-state index contributed by atoms with van der Waals surface area (Å²) < 4.78 is 35.1. The van der Waals surface area contributed by atoms with Crippen LogP contribution in [0.1, 0.15) is 47.6 Å². The molecule has 0 fully saturated rings. The largest absolute Gasteiger partial charge is 0.454 e. The Bertz CT molecular complexity index is 976. The molecule has 0 spiro atoms. The summed E-state index contributed by atoms with van der Waals surface area (Å²) in [4.78, 5) is 2.35. The van der Waals surface area contributed by atoms with E-state index in [2.05, 4.69) is 30.1 Å². The summed E-state index contributed by atoms with van der Waals surface area (Å²) in [5.41, 5.74) is 4.54. The fourth-order valence-electron chi connectivity index (χ4n) is 4.85. The van der Waals surface area contributed by atoms with Crippen molar-refractivity contribution in [1.29, 1.82) is 0 Å². The molecule has 0 saturated heterocycles. The third-order valence-electron chi connectivity index (χ3n) is 6.19. The van der Waals surface area contributed by atoms with E-state index < -0.39 is 6.29 Å². The van der Waals surface area contributed by atoms with Crippen molar-refractivity contribution in [2.24, 2.45) is 0 Å². The molecule has 4 heterocycles. The van der Waals surface area contributed by atoms with E-state index in [4.69, 9.17) is 28.4 Å². The van der Waals surface area contributed by atoms with Crippen molar-refractivity contribution in [2.45, 2.75) is 31.8 Å². The van der Waals surface area contributed by atoms with Crippen LogP contribution in [-0.4, -0.2) is 38.7 Å². The van der Waals surface area contributed by atoms with E-state index in [-0.39, 0.29) is 25.7 Å². The number of benzene rings is 2. The maximum atomic E-state index is 6.51. The maximum Gasteiger partial charge on any atom is 0.231 e. The van der Waals surface area contributed by atoms with Crippen LogP contribution < -0.4 is 18.9 Å². The fourth-order valence-corrected chi connectivity index (χ4v) is 4.85. The van der Waals surface area contributed by atoms with Gasteiger partial charge < -0.3 is 28.4 Å². The van der Waals surface area contributed by atoms with Gasteiger partial charge in [-0.3, -0.25) is 4.90 Å². The molecular formula is C22H23NO6. The molecule has 6 rings (SSSR count). The normalized spacial score (nSPS) is 26.5. The Morgan fingerprint density at radius 2 is 1.79 bits per heavy atom. The highest BCUT2D eigenvalue weighted by Gasteiger charge is 2.45. The standard InChI is InChI=1S/C22H23NO6/c1-3-24-22-18-13(4-5-15-21(18)28-11-25-15)20(29-22)19-14-9-17-16(26-10-27-17)8-12(14)6-7-23(19)2/h4-5,8-9,19-20,22H,3,6-7,10-11H2,1-2H3/t19-,20+,22-/m0/s1. The van der Waals surface area contributed by atoms with Crippen LogP contribution in [0, 0.1) is 0 Å². The molecule has 0 radical (unpaired) electrons. The molecule has 152 valence electrons. The summed E-state index contributed by atoms with van der Waals surface area (Å²) >= 11 is 0. The van der Waals surface area contributed by atoms with E-state index in [0.717, 1.165) is 47.1 Å². The average molecular weight is 397 g/mol. The van der Waals surface area contributed by atoms with Gasteiger partial charge in [-0.1, -0.05) is 6.07 Å². The van der Waals surface area contributed by atoms with Gasteiger partial charge in [0.15, 0.2) is 29.3 Å². The molecule has 2 aromatic carbocycles. The Kier molecular flexibility index (Phi) is 3.91. The summed E-state index contributed by atoms with van der Waals surface area (Å²) in [6, 6.07) is 8.32. The van der Waals surface area contributed by atoms with Crippen LogP contribution in [0.2, 0.25) is 0 Å². The van der Waals surface area contributed by atoms with Gasteiger partial charge in [0.05, 0.1) is 11.6 Å². The lowest BCUT2D eigenvalue weighted by Crippen LogP contribution is -2.36. The molecule has 4 aliphatic rings. The first kappa shape index (κ1) is 17.4. The minimum absolute atomic E-state index is 0.0397. The van der Waals surface area contributed by atoms with Crippen molar-refractivity contribution >= 4 is 0 Å². The maximum absolute atomic E-state index is 6.51. The molecule has 0 unspecified atom stereocenters. The number of fused-ring (bicyclic) bond motifs is 5. The molecule has 0 aromatic heterocycles. The monoisotopic (exact) mass is 397 g/mol. The lowest BCUT2D eigenvalue weighted by atomic mass is 9.86. The Hall–Kier alpha value is -2.48. The van der Waals surface area contributed by atoms with Crippen LogP contribution in [0.4, 0.5) is 0 Å². The van der Waals surface area contributed by atoms with Gasteiger partial charge in [0.2, 0.25) is 13.6 Å². The topological polar surface area (TPSA) is 58.6 Å². The van der Waals surface area contributed by atoms with Gasteiger partial charge in [-0.25, -0.2) is 0 Å². The number of hydrogen-bond donors (Lipinski definition) is 0. The van der Waals surface area contributed by atoms with E-state index in [1.165, 1.54) is 11.1 Å². The summed E-state index contributed by atoms with van der Waals surface area (Å²) in [6.45, 7) is 3.97. The predicted octanol–water partition coefficient (Wildman–Crippen LogP) is 3.48. The molecular weight excluding hydrogens is 374 g/mol. The summed E-state index contributed by atoms with van der Waals surface area (Å²) in [6.07, 6.45) is 0.319. The molecule has 0 aliphatic carbocycles. The lowest BCUT2D eigenvalue weighted by molar-refractivity contribution is -0.172. The van der Waals surface area contributed by atoms with Crippen LogP contribution in [0.25, 0.3) is 0 Å². The zero-order valence-corrected chi connectivity index (χ0v) is 16.5. The highest BCUT2D eigenvalue weighted by molar-refractivity contribution is 5.56. The zero-order chi connectivity index (χ0) is 19.5. The molecule has 0 N–H and O–H groups in total. The summed E-state index contributed by atoms with van der Waals surface area (Å²) in [5, 5.41) is 0. The molecule has 3 atom stereocenters. The van der Waals surface area contributed by atoms with Gasteiger partial charge in [-0.2, -0.15) is 0 Å². The first-order valence-corrected chi connectivity index (χ1v) is 10.1. The van der Waals surface area contributed by atoms with Crippen LogP contribution in [0.15, 0.2) is 24.3 Å². The van der Waals surface area contributed by atoms with Gasteiger partial charge in [-0.05, 0) is 55.3 Å². The number of nitrogens with zero attached hydrogens (tertiary/aromatic N) is 1. The van der Waals surface area contributed by atoms with Crippen LogP contribution in [0.5, 0.6) is 23.0 Å². The Morgan fingerprint density at radius 3 is 2.66 bits per heavy atom. The van der Waals surface area contributed by atoms with E-state index >= 15 is 0 Å². The van der Waals surface area contributed by atoms with Crippen LogP contribution in [-0.2, 0) is 15.9 Å². The predicted molar refractivity (Wildman–Crippen MR) is 102 cm³/mol. The summed E-state index contributed by atoms with van der Waals surface area (Å²) in [5.74, 6) is 3.12. The van der Waals surface area contributed by atoms with Crippen molar-refractivity contribution in [2.75, 3.05) is 33.8 Å². The first-order valence-electron chi connectivity index (χ1n) is 10.1. The molecule has 7 nitrogen and oxygen atoms in total. The number of hydrogen-bond acceptors (Lipinski definition) is 7. The van der Waals surface area contributed by atoms with E-state index in [9.17, 15) is 0 Å². The lowest BCUT2D eigenvalue weighted by Gasteiger charge is -2.38. The first-order chi connectivity index (χ1) is 14.2. The summed E-state index contributed by atoms with van der Waals surface area (Å²) in [7, 11) is 2.14. The highest BCUT2D eigenvalue weighted by atomic mass is 16.7. The van der Waals surface area contributed by atoms with Gasteiger partial charge in [0.1, 0.15) is 6.10 Å². The molecule has 4 aliphatic heterocycles. The highest BCUT2D eigenvalue weighted by Crippen LogP contribution is 2.55. The van der Waals surface area contributed by atoms with E-state index in [1.54, 1.807) is 0 Å².